The molecule has 1 aromatic rings. The van der Waals surface area contributed by atoms with E-state index in [-0.39, 0.29) is 18.8 Å². The zero-order valence-corrected chi connectivity index (χ0v) is 17.0. The Labute approximate surface area is 167 Å². The van der Waals surface area contributed by atoms with Crippen molar-refractivity contribution in [3.05, 3.63) is 35.9 Å². The van der Waals surface area contributed by atoms with E-state index < -0.39 is 29.9 Å². The van der Waals surface area contributed by atoms with E-state index in [0.29, 0.717) is 12.0 Å². The number of carbonyl (C=O) groups is 3. The summed E-state index contributed by atoms with van der Waals surface area (Å²) < 4.78 is 10.6. The minimum atomic E-state index is -1.00. The lowest BCUT2D eigenvalue weighted by atomic mass is 9.83. The Morgan fingerprint density at radius 1 is 1.00 bits per heavy atom. The van der Waals surface area contributed by atoms with Gasteiger partial charge in [-0.1, -0.05) is 69.4 Å². The molecule has 3 unspecified atom stereocenters. The standard InChI is InChI=1S/C23H32O5/c1-3-5-6-7-8-12-15-20-18(16-19(24)17-13-10-9-11-14-17)21(23(26)28-20)22(25)27-4-2/h9-11,13-14,18,20-21H,3-8,12,15-16H2,1-2H3. The first kappa shape index (κ1) is 22.1. The fraction of sp³-hybridized carbons (Fsp3) is 0.609. The molecule has 1 aliphatic heterocycles. The highest BCUT2D eigenvalue weighted by atomic mass is 16.6. The molecule has 1 aliphatic rings. The lowest BCUT2D eigenvalue weighted by Gasteiger charge is -2.19. The van der Waals surface area contributed by atoms with E-state index >= 15 is 0 Å². The molecule has 0 saturated carbocycles. The first-order valence-corrected chi connectivity index (χ1v) is 10.5. The lowest BCUT2D eigenvalue weighted by molar-refractivity contribution is -0.156. The number of Topliss-reactive ketones (excluding diaryl/α,β-unsaturated/α-hetero) is 1. The molecule has 1 saturated heterocycles. The van der Waals surface area contributed by atoms with Crippen molar-refractivity contribution in [1.29, 1.82) is 0 Å². The van der Waals surface area contributed by atoms with Crippen LogP contribution >= 0.6 is 0 Å². The van der Waals surface area contributed by atoms with Crippen LogP contribution in [0.1, 0.15) is 75.6 Å². The Balaban J connectivity index is 2.03. The molecule has 0 spiro atoms. The van der Waals surface area contributed by atoms with Crippen LogP contribution in [0.3, 0.4) is 0 Å². The van der Waals surface area contributed by atoms with Crippen molar-refractivity contribution in [3.8, 4) is 0 Å². The largest absolute Gasteiger partial charge is 0.465 e. The lowest BCUT2D eigenvalue weighted by Crippen LogP contribution is -2.31. The van der Waals surface area contributed by atoms with E-state index in [4.69, 9.17) is 9.47 Å². The number of hydrogen-bond donors (Lipinski definition) is 0. The molecule has 5 heteroatoms. The van der Waals surface area contributed by atoms with Gasteiger partial charge in [-0.2, -0.15) is 0 Å². The summed E-state index contributed by atoms with van der Waals surface area (Å²) >= 11 is 0. The summed E-state index contributed by atoms with van der Waals surface area (Å²) in [7, 11) is 0. The van der Waals surface area contributed by atoms with Gasteiger partial charge in [0.05, 0.1) is 6.61 Å². The fourth-order valence-corrected chi connectivity index (χ4v) is 3.81. The Hall–Kier alpha value is -2.17. The van der Waals surface area contributed by atoms with Gasteiger partial charge < -0.3 is 9.47 Å². The average Bonchev–Trinajstić information content (AvgIpc) is 3.00. The number of unbranched alkanes of at least 4 members (excludes halogenated alkanes) is 5. The van der Waals surface area contributed by atoms with Crippen LogP contribution in [-0.4, -0.2) is 30.4 Å². The molecule has 5 nitrogen and oxygen atoms in total. The summed E-state index contributed by atoms with van der Waals surface area (Å²) in [5, 5.41) is 0. The fourth-order valence-electron chi connectivity index (χ4n) is 3.81. The van der Waals surface area contributed by atoms with Gasteiger partial charge in [0.1, 0.15) is 6.10 Å². The van der Waals surface area contributed by atoms with Gasteiger partial charge in [0.15, 0.2) is 11.7 Å². The maximum atomic E-state index is 12.7. The third-order valence-electron chi connectivity index (χ3n) is 5.33. The number of ketones is 1. The van der Waals surface area contributed by atoms with Gasteiger partial charge in [0.25, 0.3) is 0 Å². The van der Waals surface area contributed by atoms with Crippen molar-refractivity contribution in [1.82, 2.24) is 0 Å². The predicted octanol–water partition coefficient (Wildman–Crippen LogP) is 4.73. The van der Waals surface area contributed by atoms with Crippen LogP contribution in [0.5, 0.6) is 0 Å². The third-order valence-corrected chi connectivity index (χ3v) is 5.33. The van der Waals surface area contributed by atoms with Crippen LogP contribution in [0.2, 0.25) is 0 Å². The van der Waals surface area contributed by atoms with Crippen LogP contribution in [0.4, 0.5) is 0 Å². The zero-order valence-electron chi connectivity index (χ0n) is 17.0. The van der Waals surface area contributed by atoms with E-state index in [1.807, 2.05) is 6.07 Å². The summed E-state index contributed by atoms with van der Waals surface area (Å²) in [4.78, 5) is 37.4. The minimum Gasteiger partial charge on any atom is -0.465 e. The first-order chi connectivity index (χ1) is 13.6. The molecule has 2 rings (SSSR count). The molecule has 3 atom stereocenters. The maximum absolute atomic E-state index is 12.7. The van der Waals surface area contributed by atoms with Crippen molar-refractivity contribution >= 4 is 17.7 Å². The van der Waals surface area contributed by atoms with Crippen molar-refractivity contribution in [3.63, 3.8) is 0 Å². The first-order valence-electron chi connectivity index (χ1n) is 10.5. The van der Waals surface area contributed by atoms with Crippen molar-refractivity contribution in [2.45, 2.75) is 71.3 Å². The Morgan fingerprint density at radius 3 is 2.36 bits per heavy atom. The molecular weight excluding hydrogens is 356 g/mol. The smallest absolute Gasteiger partial charge is 0.321 e. The van der Waals surface area contributed by atoms with Gasteiger partial charge in [-0.15, -0.1) is 0 Å². The van der Waals surface area contributed by atoms with Gasteiger partial charge in [-0.05, 0) is 19.8 Å². The molecule has 1 fully saturated rings. The van der Waals surface area contributed by atoms with Gasteiger partial charge in [0.2, 0.25) is 0 Å². The van der Waals surface area contributed by atoms with Crippen molar-refractivity contribution in [2.75, 3.05) is 6.61 Å². The predicted molar refractivity (Wildman–Crippen MR) is 107 cm³/mol. The van der Waals surface area contributed by atoms with Crippen LogP contribution < -0.4 is 0 Å². The zero-order chi connectivity index (χ0) is 20.4. The topological polar surface area (TPSA) is 69.7 Å². The van der Waals surface area contributed by atoms with Crippen LogP contribution in [-0.2, 0) is 19.1 Å². The SMILES string of the molecule is CCCCCCCCC1OC(=O)C(C(=O)OCC)C1CC(=O)c1ccccc1. The van der Waals surface area contributed by atoms with E-state index in [1.54, 1.807) is 31.2 Å². The number of hydrogen-bond acceptors (Lipinski definition) is 5. The van der Waals surface area contributed by atoms with E-state index in [2.05, 4.69) is 6.92 Å². The summed E-state index contributed by atoms with van der Waals surface area (Å²) in [6, 6.07) is 8.96. The summed E-state index contributed by atoms with van der Waals surface area (Å²) in [5.41, 5.74) is 0.586. The number of carbonyl (C=O) groups excluding carboxylic acids is 3. The Morgan fingerprint density at radius 2 is 1.68 bits per heavy atom. The molecule has 0 aliphatic carbocycles. The van der Waals surface area contributed by atoms with Crippen LogP contribution in [0, 0.1) is 11.8 Å². The van der Waals surface area contributed by atoms with Crippen molar-refractivity contribution in [2.24, 2.45) is 11.8 Å². The second-order valence-electron chi connectivity index (χ2n) is 7.42. The monoisotopic (exact) mass is 388 g/mol. The van der Waals surface area contributed by atoms with Crippen LogP contribution in [0.15, 0.2) is 30.3 Å². The number of cyclic esters (lactones) is 1. The second kappa shape index (κ2) is 11.6. The molecule has 154 valence electrons. The maximum Gasteiger partial charge on any atom is 0.321 e. The molecule has 0 N–H and O–H groups in total. The molecular formula is C23H32O5. The molecule has 1 heterocycles. The molecule has 0 aromatic heterocycles. The van der Waals surface area contributed by atoms with Gasteiger partial charge in [-0.3, -0.25) is 14.4 Å². The minimum absolute atomic E-state index is 0.0776. The number of esters is 2. The number of ether oxygens (including phenoxy) is 2. The van der Waals surface area contributed by atoms with Gasteiger partial charge >= 0.3 is 11.9 Å². The normalized spacial score (nSPS) is 21.4. The van der Waals surface area contributed by atoms with Crippen molar-refractivity contribution < 1.29 is 23.9 Å². The third kappa shape index (κ3) is 6.18. The quantitative estimate of drug-likeness (QED) is 0.224. The molecule has 28 heavy (non-hydrogen) atoms. The van der Waals surface area contributed by atoms with Crippen LogP contribution in [0.25, 0.3) is 0 Å². The van der Waals surface area contributed by atoms with Gasteiger partial charge in [0, 0.05) is 17.9 Å². The summed E-state index contributed by atoms with van der Waals surface area (Å²) in [5.74, 6) is -2.68. The van der Waals surface area contributed by atoms with E-state index in [0.717, 1.165) is 19.3 Å². The van der Waals surface area contributed by atoms with E-state index in [9.17, 15) is 14.4 Å². The Bertz CT molecular complexity index is 640. The highest BCUT2D eigenvalue weighted by Crippen LogP contribution is 2.36. The molecule has 0 bridgehead atoms. The molecule has 1 aromatic carbocycles. The summed E-state index contributed by atoms with van der Waals surface area (Å²) in [6.45, 7) is 4.09. The van der Waals surface area contributed by atoms with Gasteiger partial charge in [-0.25, -0.2) is 0 Å². The summed E-state index contributed by atoms with van der Waals surface area (Å²) in [6.07, 6.45) is 7.18. The van der Waals surface area contributed by atoms with E-state index in [1.165, 1.54) is 19.3 Å². The number of benzene rings is 1. The second-order valence-corrected chi connectivity index (χ2v) is 7.42. The molecule has 0 amide bonds. The number of rotatable bonds is 12. The highest BCUT2D eigenvalue weighted by molar-refractivity contribution is 6.00. The molecule has 0 radical (unpaired) electrons. The Kier molecular flexibility index (Phi) is 9.18. The highest BCUT2D eigenvalue weighted by Gasteiger charge is 2.49. The average molecular weight is 389 g/mol.